The Morgan fingerprint density at radius 2 is 2.17 bits per heavy atom. The van der Waals surface area contributed by atoms with Crippen LogP contribution < -0.4 is 5.32 Å². The molecule has 0 aliphatic carbocycles. The van der Waals surface area contributed by atoms with Crippen molar-refractivity contribution >= 4 is 37.6 Å². The number of carbonyl (C=O) groups excluding carboxylic acids is 2. The predicted molar refractivity (Wildman–Crippen MR) is 88.4 cm³/mol. The quantitative estimate of drug-likeness (QED) is 0.754. The highest BCUT2D eigenvalue weighted by Gasteiger charge is 2.34. The molecule has 1 amide bonds. The first-order valence-corrected chi connectivity index (χ1v) is 9.75. The number of hydrogen-bond acceptors (Lipinski definition) is 5. The molecule has 2 rings (SSSR count). The number of hydrogen-bond donors (Lipinski definition) is 1. The fraction of sp³-hybridized carbons (Fsp3) is 0.467. The molecule has 1 N–H and O–H groups in total. The van der Waals surface area contributed by atoms with Gasteiger partial charge >= 0.3 is 5.97 Å². The summed E-state index contributed by atoms with van der Waals surface area (Å²) in [6, 6.07) is 6.68. The highest BCUT2D eigenvalue weighted by atomic mass is 79.9. The Kier molecular flexibility index (Phi) is 5.80. The molecule has 1 aromatic rings. The molecule has 0 aromatic heterocycles. The molecule has 1 aliphatic heterocycles. The Morgan fingerprint density at radius 3 is 2.74 bits per heavy atom. The van der Waals surface area contributed by atoms with Crippen molar-refractivity contribution in [1.82, 2.24) is 5.32 Å². The van der Waals surface area contributed by atoms with Gasteiger partial charge in [0, 0.05) is 4.47 Å². The number of halogens is 1. The van der Waals surface area contributed by atoms with Crippen molar-refractivity contribution in [2.24, 2.45) is 5.92 Å². The number of nitrogens with one attached hydrogen (secondary N) is 1. The molecule has 1 heterocycles. The maximum absolute atomic E-state index is 12.3. The molecule has 2 atom stereocenters. The van der Waals surface area contributed by atoms with Gasteiger partial charge in [-0.1, -0.05) is 28.1 Å². The second-order valence-electron chi connectivity index (χ2n) is 5.50. The van der Waals surface area contributed by atoms with Crippen LogP contribution in [0, 0.1) is 5.92 Å². The van der Waals surface area contributed by atoms with Crippen molar-refractivity contribution in [3.8, 4) is 0 Å². The van der Waals surface area contributed by atoms with E-state index >= 15 is 0 Å². The van der Waals surface area contributed by atoms with Crippen LogP contribution in [0.4, 0.5) is 0 Å². The summed E-state index contributed by atoms with van der Waals surface area (Å²) in [5, 5.41) is 2.78. The molecule has 1 aliphatic rings. The van der Waals surface area contributed by atoms with Crippen LogP contribution in [-0.2, 0) is 24.2 Å². The van der Waals surface area contributed by atoms with Gasteiger partial charge < -0.3 is 10.1 Å². The third kappa shape index (κ3) is 5.04. The van der Waals surface area contributed by atoms with Gasteiger partial charge in [0.25, 0.3) is 0 Å². The van der Waals surface area contributed by atoms with Crippen molar-refractivity contribution in [3.63, 3.8) is 0 Å². The van der Waals surface area contributed by atoms with Crippen molar-refractivity contribution in [2.45, 2.75) is 18.9 Å². The number of benzene rings is 1. The molecular formula is C15H18BrNO5S. The number of carbonyl (C=O) groups is 2. The summed E-state index contributed by atoms with van der Waals surface area (Å²) in [6.07, 6.45) is 0.301. The van der Waals surface area contributed by atoms with Gasteiger partial charge in [-0.3, -0.25) is 9.59 Å². The maximum atomic E-state index is 12.3. The lowest BCUT2D eigenvalue weighted by molar-refractivity contribution is -0.141. The van der Waals surface area contributed by atoms with E-state index in [-0.39, 0.29) is 23.8 Å². The molecule has 1 saturated heterocycles. The van der Waals surface area contributed by atoms with Crippen LogP contribution in [0.25, 0.3) is 0 Å². The third-order valence-corrected chi connectivity index (χ3v) is 6.03. The smallest absolute Gasteiger partial charge is 0.307 e. The highest BCUT2D eigenvalue weighted by molar-refractivity contribution is 9.10. The lowest BCUT2D eigenvalue weighted by Crippen LogP contribution is -2.35. The molecule has 0 spiro atoms. The summed E-state index contributed by atoms with van der Waals surface area (Å²) in [5.41, 5.74) is 0.749. The molecule has 1 aromatic carbocycles. The first-order chi connectivity index (χ1) is 10.8. The van der Waals surface area contributed by atoms with Crippen LogP contribution in [0.2, 0.25) is 0 Å². The van der Waals surface area contributed by atoms with Gasteiger partial charge in [-0.15, -0.1) is 0 Å². The normalized spacial score (nSPS) is 20.7. The Balaban J connectivity index is 2.14. The molecule has 8 heteroatoms. The summed E-state index contributed by atoms with van der Waals surface area (Å²) in [7, 11) is -1.85. The monoisotopic (exact) mass is 403 g/mol. The first-order valence-electron chi connectivity index (χ1n) is 7.14. The van der Waals surface area contributed by atoms with Crippen LogP contribution in [0.15, 0.2) is 28.7 Å². The predicted octanol–water partition coefficient (Wildman–Crippen LogP) is 1.60. The van der Waals surface area contributed by atoms with E-state index < -0.39 is 27.8 Å². The fourth-order valence-corrected chi connectivity index (χ4v) is 4.68. The summed E-state index contributed by atoms with van der Waals surface area (Å²) >= 11 is 3.35. The van der Waals surface area contributed by atoms with Gasteiger partial charge in [-0.25, -0.2) is 8.42 Å². The SMILES string of the molecule is COC(=O)C[C@@H](NC(=O)[C@@H]1CCS(=O)(=O)C1)c1cccc(Br)c1. The molecule has 1 fully saturated rings. The van der Waals surface area contributed by atoms with E-state index in [9.17, 15) is 18.0 Å². The second kappa shape index (κ2) is 7.44. The molecular weight excluding hydrogens is 386 g/mol. The van der Waals surface area contributed by atoms with Gasteiger partial charge in [0.15, 0.2) is 9.84 Å². The molecule has 6 nitrogen and oxygen atoms in total. The van der Waals surface area contributed by atoms with E-state index in [2.05, 4.69) is 26.0 Å². The van der Waals surface area contributed by atoms with E-state index in [1.54, 1.807) is 18.2 Å². The van der Waals surface area contributed by atoms with Gasteiger partial charge in [0.2, 0.25) is 5.91 Å². The second-order valence-corrected chi connectivity index (χ2v) is 8.64. The minimum Gasteiger partial charge on any atom is -0.469 e. The van der Waals surface area contributed by atoms with Crippen LogP contribution >= 0.6 is 15.9 Å². The summed E-state index contributed by atoms with van der Waals surface area (Å²) in [6.45, 7) is 0. The Morgan fingerprint density at radius 1 is 1.43 bits per heavy atom. The number of esters is 1. The van der Waals surface area contributed by atoms with Crippen molar-refractivity contribution in [2.75, 3.05) is 18.6 Å². The van der Waals surface area contributed by atoms with Gasteiger partial charge in [-0.2, -0.15) is 0 Å². The van der Waals surface area contributed by atoms with Crippen molar-refractivity contribution < 1.29 is 22.7 Å². The Labute approximate surface area is 143 Å². The molecule has 0 saturated carbocycles. The standard InChI is InChI=1S/C15H18BrNO5S/c1-22-14(18)8-13(10-3-2-4-12(16)7-10)17-15(19)11-5-6-23(20,21)9-11/h2-4,7,11,13H,5-6,8-9H2,1H3,(H,17,19)/t11-,13-/m1/s1. The van der Waals surface area contributed by atoms with Crippen LogP contribution in [0.3, 0.4) is 0 Å². The molecule has 126 valence electrons. The Hall–Kier alpha value is -1.41. The number of sulfone groups is 1. The fourth-order valence-electron chi connectivity index (χ4n) is 2.52. The number of rotatable bonds is 5. The summed E-state index contributed by atoms with van der Waals surface area (Å²) in [4.78, 5) is 23.9. The molecule has 23 heavy (non-hydrogen) atoms. The van der Waals surface area contributed by atoms with Crippen molar-refractivity contribution in [3.05, 3.63) is 34.3 Å². The molecule has 0 unspecified atom stereocenters. The van der Waals surface area contributed by atoms with Crippen LogP contribution in [-0.4, -0.2) is 38.9 Å². The zero-order chi connectivity index (χ0) is 17.0. The van der Waals surface area contributed by atoms with Crippen molar-refractivity contribution in [1.29, 1.82) is 0 Å². The lowest BCUT2D eigenvalue weighted by Gasteiger charge is -2.20. The summed E-state index contributed by atoms with van der Waals surface area (Å²) < 4.78 is 28.5. The Bertz CT molecular complexity index is 704. The van der Waals surface area contributed by atoms with Crippen LogP contribution in [0.1, 0.15) is 24.4 Å². The van der Waals surface area contributed by atoms with Crippen LogP contribution in [0.5, 0.6) is 0 Å². The largest absolute Gasteiger partial charge is 0.469 e. The van der Waals surface area contributed by atoms with E-state index in [0.29, 0.717) is 6.42 Å². The van der Waals surface area contributed by atoms with Gasteiger partial charge in [0.1, 0.15) is 0 Å². The minimum atomic E-state index is -3.14. The van der Waals surface area contributed by atoms with E-state index in [0.717, 1.165) is 10.0 Å². The number of amides is 1. The zero-order valence-electron chi connectivity index (χ0n) is 12.6. The average molecular weight is 404 g/mol. The number of ether oxygens (including phenoxy) is 1. The van der Waals surface area contributed by atoms with E-state index in [1.807, 2.05) is 6.07 Å². The lowest BCUT2D eigenvalue weighted by atomic mass is 10.0. The molecule has 0 bridgehead atoms. The first kappa shape index (κ1) is 17.9. The van der Waals surface area contributed by atoms with Gasteiger partial charge in [0.05, 0.1) is 37.0 Å². The number of methoxy groups -OCH3 is 1. The minimum absolute atomic E-state index is 0.0157. The third-order valence-electron chi connectivity index (χ3n) is 3.77. The highest BCUT2D eigenvalue weighted by Crippen LogP contribution is 2.24. The van der Waals surface area contributed by atoms with Gasteiger partial charge in [-0.05, 0) is 24.1 Å². The average Bonchev–Trinajstić information content (AvgIpc) is 2.86. The maximum Gasteiger partial charge on any atom is 0.307 e. The topological polar surface area (TPSA) is 89.5 Å². The van der Waals surface area contributed by atoms with E-state index in [1.165, 1.54) is 7.11 Å². The zero-order valence-corrected chi connectivity index (χ0v) is 15.0. The molecule has 0 radical (unpaired) electrons. The van der Waals surface area contributed by atoms with E-state index in [4.69, 9.17) is 0 Å². The summed E-state index contributed by atoms with van der Waals surface area (Å²) in [5.74, 6) is -1.46.